The van der Waals surface area contributed by atoms with Crippen LogP contribution in [-0.4, -0.2) is 18.2 Å². The number of ether oxygens (including phenoxy) is 1. The van der Waals surface area contributed by atoms with Gasteiger partial charge in [-0.05, 0) is 29.7 Å². The molecule has 0 amide bonds. The van der Waals surface area contributed by atoms with Gasteiger partial charge in [0.15, 0.2) is 0 Å². The fourth-order valence-electron chi connectivity index (χ4n) is 3.03. The molecule has 2 heterocycles. The van der Waals surface area contributed by atoms with E-state index in [-0.39, 0.29) is 0 Å². The van der Waals surface area contributed by atoms with Crippen molar-refractivity contribution in [3.05, 3.63) is 29.5 Å². The van der Waals surface area contributed by atoms with E-state index in [1.54, 1.807) is 7.11 Å². The van der Waals surface area contributed by atoms with Gasteiger partial charge in [-0.3, -0.25) is 0 Å². The lowest BCUT2D eigenvalue weighted by molar-refractivity contribution is 0.415. The summed E-state index contributed by atoms with van der Waals surface area (Å²) in [6.07, 6.45) is 0. The first kappa shape index (κ1) is 11.6. The lowest BCUT2D eigenvalue weighted by Crippen LogP contribution is -2.28. The average molecular weight is 244 g/mol. The molecular formula is C15H20N2O. The van der Waals surface area contributed by atoms with Crippen molar-refractivity contribution in [1.82, 2.24) is 9.88 Å². The van der Waals surface area contributed by atoms with Crippen LogP contribution in [0.15, 0.2) is 18.2 Å². The molecule has 3 heteroatoms. The van der Waals surface area contributed by atoms with Gasteiger partial charge in [-0.1, -0.05) is 13.8 Å². The van der Waals surface area contributed by atoms with Crippen molar-refractivity contribution >= 4 is 10.9 Å². The van der Waals surface area contributed by atoms with E-state index in [0.29, 0.717) is 5.92 Å². The number of rotatable bonds is 2. The Morgan fingerprint density at radius 1 is 1.33 bits per heavy atom. The van der Waals surface area contributed by atoms with E-state index >= 15 is 0 Å². The maximum Gasteiger partial charge on any atom is 0.119 e. The number of hydrogen-bond acceptors (Lipinski definition) is 2. The zero-order chi connectivity index (χ0) is 12.7. The number of aromatic nitrogens is 1. The molecule has 1 aliphatic rings. The summed E-state index contributed by atoms with van der Waals surface area (Å²) in [6.45, 7) is 7.63. The zero-order valence-corrected chi connectivity index (χ0v) is 11.3. The molecule has 0 unspecified atom stereocenters. The molecule has 1 aromatic carbocycles. The van der Waals surface area contributed by atoms with Crippen LogP contribution < -0.4 is 10.1 Å². The smallest absolute Gasteiger partial charge is 0.119 e. The van der Waals surface area contributed by atoms with Crippen molar-refractivity contribution < 1.29 is 4.74 Å². The minimum atomic E-state index is 0.538. The normalized spacial score (nSPS) is 15.1. The van der Waals surface area contributed by atoms with Crippen LogP contribution in [0.2, 0.25) is 0 Å². The van der Waals surface area contributed by atoms with Gasteiger partial charge in [-0.25, -0.2) is 0 Å². The van der Waals surface area contributed by atoms with Crippen LogP contribution in [0.5, 0.6) is 5.75 Å². The monoisotopic (exact) mass is 244 g/mol. The second kappa shape index (κ2) is 4.32. The first-order valence-corrected chi connectivity index (χ1v) is 6.62. The second-order valence-corrected chi connectivity index (χ2v) is 5.23. The molecule has 0 fully saturated rings. The third-order valence-electron chi connectivity index (χ3n) is 3.80. The minimum absolute atomic E-state index is 0.538. The van der Waals surface area contributed by atoms with Gasteiger partial charge in [-0.2, -0.15) is 0 Å². The fourth-order valence-corrected chi connectivity index (χ4v) is 3.03. The van der Waals surface area contributed by atoms with Gasteiger partial charge < -0.3 is 14.6 Å². The highest BCUT2D eigenvalue weighted by Crippen LogP contribution is 2.35. The third-order valence-corrected chi connectivity index (χ3v) is 3.80. The quantitative estimate of drug-likeness (QED) is 0.879. The lowest BCUT2D eigenvalue weighted by Gasteiger charge is -2.19. The van der Waals surface area contributed by atoms with Crippen LogP contribution in [0.4, 0.5) is 0 Å². The molecule has 96 valence electrons. The molecule has 0 spiro atoms. The summed E-state index contributed by atoms with van der Waals surface area (Å²) < 4.78 is 7.82. The average Bonchev–Trinajstić information content (AvgIpc) is 2.72. The summed E-state index contributed by atoms with van der Waals surface area (Å²) in [7, 11) is 1.73. The summed E-state index contributed by atoms with van der Waals surface area (Å²) in [4.78, 5) is 0. The highest BCUT2D eigenvalue weighted by atomic mass is 16.5. The number of hydrogen-bond donors (Lipinski definition) is 1. The first-order valence-electron chi connectivity index (χ1n) is 6.62. The second-order valence-electron chi connectivity index (χ2n) is 5.23. The predicted octanol–water partition coefficient (Wildman–Crippen LogP) is 2.88. The summed E-state index contributed by atoms with van der Waals surface area (Å²) >= 11 is 0. The van der Waals surface area contributed by atoms with Crippen molar-refractivity contribution in [2.45, 2.75) is 32.9 Å². The Balaban J connectivity index is 2.33. The van der Waals surface area contributed by atoms with Gasteiger partial charge in [0.05, 0.1) is 7.11 Å². The van der Waals surface area contributed by atoms with Gasteiger partial charge in [0.25, 0.3) is 0 Å². The summed E-state index contributed by atoms with van der Waals surface area (Å²) in [5, 5.41) is 4.82. The van der Waals surface area contributed by atoms with E-state index in [0.717, 1.165) is 25.4 Å². The number of nitrogens with one attached hydrogen (secondary N) is 1. The van der Waals surface area contributed by atoms with Crippen LogP contribution in [0, 0.1) is 0 Å². The Hall–Kier alpha value is -1.48. The molecule has 1 N–H and O–H groups in total. The van der Waals surface area contributed by atoms with Crippen molar-refractivity contribution in [2.75, 3.05) is 13.7 Å². The highest BCUT2D eigenvalue weighted by molar-refractivity contribution is 5.87. The third kappa shape index (κ3) is 1.62. The van der Waals surface area contributed by atoms with Gasteiger partial charge in [0, 0.05) is 36.2 Å². The van der Waals surface area contributed by atoms with Crippen LogP contribution in [0.3, 0.4) is 0 Å². The maximum atomic E-state index is 5.36. The Morgan fingerprint density at radius 2 is 2.17 bits per heavy atom. The van der Waals surface area contributed by atoms with Gasteiger partial charge in [0.1, 0.15) is 5.75 Å². The largest absolute Gasteiger partial charge is 0.497 e. The summed E-state index contributed by atoms with van der Waals surface area (Å²) in [5.41, 5.74) is 4.26. The van der Waals surface area contributed by atoms with E-state index in [1.165, 1.54) is 22.2 Å². The fraction of sp³-hybridized carbons (Fsp3) is 0.467. The van der Waals surface area contributed by atoms with E-state index in [1.807, 2.05) is 0 Å². The molecule has 3 nitrogen and oxygen atoms in total. The predicted molar refractivity (Wildman–Crippen MR) is 74.3 cm³/mol. The van der Waals surface area contributed by atoms with Gasteiger partial charge in [0.2, 0.25) is 0 Å². The highest BCUT2D eigenvalue weighted by Gasteiger charge is 2.21. The van der Waals surface area contributed by atoms with E-state index in [9.17, 15) is 0 Å². The molecule has 0 saturated carbocycles. The number of methoxy groups -OCH3 is 1. The molecule has 0 bridgehead atoms. The summed E-state index contributed by atoms with van der Waals surface area (Å²) in [6, 6.07) is 6.42. The molecule has 0 atom stereocenters. The van der Waals surface area contributed by atoms with Crippen LogP contribution in [0.25, 0.3) is 10.9 Å². The molecule has 0 saturated heterocycles. The van der Waals surface area contributed by atoms with Crippen LogP contribution >= 0.6 is 0 Å². The Bertz CT molecular complexity index is 584. The van der Waals surface area contributed by atoms with Gasteiger partial charge >= 0.3 is 0 Å². The van der Waals surface area contributed by atoms with Crippen molar-refractivity contribution in [3.63, 3.8) is 0 Å². The maximum absolute atomic E-state index is 5.36. The SMILES string of the molecule is COc1ccc2c(c1)c(C(C)C)c1n2CCNC1. The molecule has 18 heavy (non-hydrogen) atoms. The number of fused-ring (bicyclic) bond motifs is 3. The molecule has 0 radical (unpaired) electrons. The Labute approximate surface area is 108 Å². The summed E-state index contributed by atoms with van der Waals surface area (Å²) in [5.74, 6) is 1.48. The topological polar surface area (TPSA) is 26.2 Å². The van der Waals surface area contributed by atoms with E-state index in [2.05, 4.69) is 41.9 Å². The lowest BCUT2D eigenvalue weighted by atomic mass is 9.99. The Morgan fingerprint density at radius 3 is 2.89 bits per heavy atom. The molecule has 1 aliphatic heterocycles. The van der Waals surface area contributed by atoms with E-state index < -0.39 is 0 Å². The molecular weight excluding hydrogens is 224 g/mol. The molecule has 3 rings (SSSR count). The van der Waals surface area contributed by atoms with Crippen LogP contribution in [-0.2, 0) is 13.1 Å². The molecule has 2 aromatic rings. The van der Waals surface area contributed by atoms with Crippen molar-refractivity contribution in [1.29, 1.82) is 0 Å². The number of benzene rings is 1. The standard InChI is InChI=1S/C15H20N2O/c1-10(2)15-12-8-11(18-3)4-5-13(12)17-7-6-16-9-14(15)17/h4-5,8,10,16H,6-7,9H2,1-3H3. The number of nitrogens with zero attached hydrogens (tertiary/aromatic N) is 1. The minimum Gasteiger partial charge on any atom is -0.497 e. The van der Waals surface area contributed by atoms with E-state index in [4.69, 9.17) is 4.74 Å². The van der Waals surface area contributed by atoms with Crippen molar-refractivity contribution in [2.24, 2.45) is 0 Å². The van der Waals surface area contributed by atoms with Crippen LogP contribution in [0.1, 0.15) is 31.0 Å². The Kier molecular flexibility index (Phi) is 2.78. The molecule has 0 aliphatic carbocycles. The first-order chi connectivity index (χ1) is 8.72. The molecule has 1 aromatic heterocycles. The van der Waals surface area contributed by atoms with Gasteiger partial charge in [-0.15, -0.1) is 0 Å². The van der Waals surface area contributed by atoms with Crippen molar-refractivity contribution in [3.8, 4) is 5.75 Å². The zero-order valence-electron chi connectivity index (χ0n) is 11.3.